The number of esters is 1. The van der Waals surface area contributed by atoms with E-state index in [2.05, 4.69) is 20.8 Å². The number of hydrogen-bond donors (Lipinski definition) is 0. The van der Waals surface area contributed by atoms with Gasteiger partial charge in [-0.15, -0.1) is 0 Å². The van der Waals surface area contributed by atoms with Gasteiger partial charge in [0.2, 0.25) is 11.9 Å². The number of imidazole rings is 1. The van der Waals surface area contributed by atoms with Gasteiger partial charge in [0.05, 0.1) is 37.4 Å². The van der Waals surface area contributed by atoms with Gasteiger partial charge in [-0.3, -0.25) is 14.5 Å². The van der Waals surface area contributed by atoms with Gasteiger partial charge in [-0.05, 0) is 55.5 Å². The van der Waals surface area contributed by atoms with Gasteiger partial charge in [-0.2, -0.15) is 0 Å². The summed E-state index contributed by atoms with van der Waals surface area (Å²) in [6, 6.07) is 12.7. The molecule has 0 unspecified atom stereocenters. The van der Waals surface area contributed by atoms with Crippen LogP contribution in [0, 0.1) is 11.8 Å². The Kier molecular flexibility index (Phi) is 8.36. The second-order valence-electron chi connectivity index (χ2n) is 9.73. The zero-order chi connectivity index (χ0) is 26.5. The lowest BCUT2D eigenvalue weighted by Gasteiger charge is -2.38. The predicted molar refractivity (Wildman–Crippen MR) is 143 cm³/mol. The highest BCUT2D eigenvalue weighted by Crippen LogP contribution is 2.43. The van der Waals surface area contributed by atoms with Crippen molar-refractivity contribution in [3.63, 3.8) is 0 Å². The van der Waals surface area contributed by atoms with Gasteiger partial charge < -0.3 is 18.8 Å². The molecule has 1 aromatic heterocycles. The predicted octanol–water partition coefficient (Wildman–Crippen LogP) is 5.39. The summed E-state index contributed by atoms with van der Waals surface area (Å²) in [6.07, 6.45) is 2.63. The Bertz CT molecular complexity index is 1250. The van der Waals surface area contributed by atoms with E-state index in [1.54, 1.807) is 18.9 Å². The molecule has 1 aliphatic rings. The first-order valence-corrected chi connectivity index (χ1v) is 13.2. The molecule has 0 saturated heterocycles. The van der Waals surface area contributed by atoms with E-state index >= 15 is 0 Å². The number of rotatable bonds is 11. The topological polar surface area (TPSA) is 82.9 Å². The SMILES string of the molecule is CCCCN1C(=O)[C@H](C(=O)OCC)[C@H](c2ccc(OCCC(C)C)c(OC)c2)n2c1nc1ccccc12. The van der Waals surface area contributed by atoms with E-state index in [4.69, 9.17) is 19.2 Å². The van der Waals surface area contributed by atoms with E-state index in [9.17, 15) is 9.59 Å². The molecular weight excluding hydrogens is 470 g/mol. The normalized spacial score (nSPS) is 17.2. The fraction of sp³-hybridized carbons (Fsp3) is 0.483. The van der Waals surface area contributed by atoms with Crippen molar-refractivity contribution in [2.75, 3.05) is 31.8 Å². The van der Waals surface area contributed by atoms with Crippen LogP contribution in [0.15, 0.2) is 42.5 Å². The van der Waals surface area contributed by atoms with Crippen molar-refractivity contribution >= 4 is 28.9 Å². The molecule has 1 amide bonds. The number of nitrogens with zero attached hydrogens (tertiary/aromatic N) is 3. The zero-order valence-corrected chi connectivity index (χ0v) is 22.4. The number of benzene rings is 2. The third kappa shape index (κ3) is 5.29. The van der Waals surface area contributed by atoms with Crippen LogP contribution in [0.2, 0.25) is 0 Å². The van der Waals surface area contributed by atoms with E-state index in [0.717, 1.165) is 35.9 Å². The van der Waals surface area contributed by atoms with Gasteiger partial charge >= 0.3 is 5.97 Å². The molecule has 0 N–H and O–H groups in total. The summed E-state index contributed by atoms with van der Waals surface area (Å²) in [4.78, 5) is 33.7. The molecule has 8 nitrogen and oxygen atoms in total. The molecule has 0 aliphatic carbocycles. The van der Waals surface area contributed by atoms with E-state index in [-0.39, 0.29) is 12.5 Å². The van der Waals surface area contributed by atoms with Crippen molar-refractivity contribution in [1.29, 1.82) is 0 Å². The minimum Gasteiger partial charge on any atom is -0.493 e. The van der Waals surface area contributed by atoms with E-state index < -0.39 is 17.9 Å². The van der Waals surface area contributed by atoms with Crippen molar-refractivity contribution < 1.29 is 23.8 Å². The molecule has 3 aromatic rings. The summed E-state index contributed by atoms with van der Waals surface area (Å²) in [5.41, 5.74) is 2.36. The van der Waals surface area contributed by atoms with E-state index in [1.807, 2.05) is 47.0 Å². The Morgan fingerprint density at radius 2 is 1.89 bits per heavy atom. The first kappa shape index (κ1) is 26.5. The Morgan fingerprint density at radius 1 is 1.11 bits per heavy atom. The molecule has 4 rings (SSSR count). The number of methoxy groups -OCH3 is 1. The van der Waals surface area contributed by atoms with Crippen molar-refractivity contribution in [2.45, 2.75) is 53.0 Å². The zero-order valence-electron chi connectivity index (χ0n) is 22.4. The number of amides is 1. The molecule has 198 valence electrons. The quantitative estimate of drug-likeness (QED) is 0.256. The average Bonchev–Trinajstić information content (AvgIpc) is 3.26. The first-order chi connectivity index (χ1) is 17.9. The number of fused-ring (bicyclic) bond motifs is 3. The smallest absolute Gasteiger partial charge is 0.321 e. The monoisotopic (exact) mass is 507 g/mol. The number of anilines is 1. The van der Waals surface area contributed by atoms with Gasteiger partial charge in [0.1, 0.15) is 0 Å². The van der Waals surface area contributed by atoms with Crippen LogP contribution in [0.25, 0.3) is 11.0 Å². The Morgan fingerprint density at radius 3 is 2.59 bits per heavy atom. The van der Waals surface area contributed by atoms with Crippen LogP contribution in [-0.2, 0) is 14.3 Å². The minimum absolute atomic E-state index is 0.188. The first-order valence-electron chi connectivity index (χ1n) is 13.2. The number of carbonyl (C=O) groups excluding carboxylic acids is 2. The number of ether oxygens (including phenoxy) is 3. The number of carbonyl (C=O) groups is 2. The van der Waals surface area contributed by atoms with Crippen molar-refractivity contribution in [2.24, 2.45) is 11.8 Å². The third-order valence-corrected chi connectivity index (χ3v) is 6.70. The second kappa shape index (κ2) is 11.7. The van der Waals surface area contributed by atoms with Crippen molar-refractivity contribution in [1.82, 2.24) is 9.55 Å². The summed E-state index contributed by atoms with van der Waals surface area (Å²) >= 11 is 0. The Hall–Kier alpha value is -3.55. The number of para-hydroxylation sites is 2. The van der Waals surface area contributed by atoms with Crippen LogP contribution in [0.3, 0.4) is 0 Å². The Balaban J connectivity index is 1.87. The second-order valence-corrected chi connectivity index (χ2v) is 9.73. The number of aromatic nitrogens is 2. The van der Waals surface area contributed by atoms with E-state index in [1.165, 1.54) is 0 Å². The van der Waals surface area contributed by atoms with Gasteiger partial charge in [-0.25, -0.2) is 4.98 Å². The summed E-state index contributed by atoms with van der Waals surface area (Å²) < 4.78 is 19.1. The lowest BCUT2D eigenvalue weighted by atomic mass is 9.89. The number of hydrogen-bond acceptors (Lipinski definition) is 6. The van der Waals surface area contributed by atoms with Crippen LogP contribution in [-0.4, -0.2) is 48.3 Å². The molecular formula is C29H37N3O5. The molecule has 0 spiro atoms. The molecule has 8 heteroatoms. The minimum atomic E-state index is -1.06. The largest absolute Gasteiger partial charge is 0.493 e. The summed E-state index contributed by atoms with van der Waals surface area (Å²) in [5, 5.41) is 0. The molecule has 2 atom stereocenters. The third-order valence-electron chi connectivity index (χ3n) is 6.70. The molecule has 0 saturated carbocycles. The maximum absolute atomic E-state index is 13.9. The lowest BCUT2D eigenvalue weighted by Crippen LogP contribution is -2.50. The fourth-order valence-corrected chi connectivity index (χ4v) is 4.77. The number of unbranched alkanes of at least 4 members (excludes halogenated alkanes) is 1. The highest BCUT2D eigenvalue weighted by Gasteiger charge is 2.47. The van der Waals surface area contributed by atoms with Crippen molar-refractivity contribution in [3.05, 3.63) is 48.0 Å². The highest BCUT2D eigenvalue weighted by atomic mass is 16.5. The van der Waals surface area contributed by atoms with Gasteiger partial charge in [0, 0.05) is 6.54 Å². The van der Waals surface area contributed by atoms with Gasteiger partial charge in [-0.1, -0.05) is 45.4 Å². The fourth-order valence-electron chi connectivity index (χ4n) is 4.77. The standard InChI is InChI=1S/C29H37N3O5/c1-6-8-16-31-27(33)25(28(34)36-7-2)26(32-22-12-10-9-11-21(22)30-29(31)32)20-13-14-23(24(18-20)35-5)37-17-15-19(3)4/h9-14,18-19,25-26H,6-8,15-17H2,1-5H3/t25-,26+/m1/s1. The average molecular weight is 508 g/mol. The van der Waals surface area contributed by atoms with Crippen LogP contribution < -0.4 is 14.4 Å². The highest BCUT2D eigenvalue weighted by molar-refractivity contribution is 6.08. The van der Waals surface area contributed by atoms with Crippen molar-refractivity contribution in [3.8, 4) is 11.5 Å². The maximum atomic E-state index is 13.9. The summed E-state index contributed by atoms with van der Waals surface area (Å²) in [7, 11) is 1.59. The summed E-state index contributed by atoms with van der Waals surface area (Å²) in [6.45, 7) is 9.36. The van der Waals surface area contributed by atoms with Crippen LogP contribution in [0.1, 0.15) is 58.6 Å². The molecule has 0 bridgehead atoms. The van der Waals surface area contributed by atoms with E-state index in [0.29, 0.717) is 36.5 Å². The van der Waals surface area contributed by atoms with Crippen LogP contribution in [0.4, 0.5) is 5.95 Å². The molecule has 0 radical (unpaired) electrons. The lowest BCUT2D eigenvalue weighted by molar-refractivity contribution is -0.153. The molecule has 1 aliphatic heterocycles. The van der Waals surface area contributed by atoms with Gasteiger partial charge in [0.15, 0.2) is 17.4 Å². The molecule has 0 fully saturated rings. The van der Waals surface area contributed by atoms with Gasteiger partial charge in [0.25, 0.3) is 0 Å². The van der Waals surface area contributed by atoms with Crippen LogP contribution >= 0.6 is 0 Å². The summed E-state index contributed by atoms with van der Waals surface area (Å²) in [5.74, 6) is 0.348. The van der Waals surface area contributed by atoms with Crippen LogP contribution in [0.5, 0.6) is 11.5 Å². The maximum Gasteiger partial charge on any atom is 0.321 e. The Labute approximate surface area is 218 Å². The molecule has 2 heterocycles. The molecule has 37 heavy (non-hydrogen) atoms. The molecule has 2 aromatic carbocycles.